The molecule has 1 aromatic carbocycles. The van der Waals surface area contributed by atoms with Gasteiger partial charge in [0.2, 0.25) is 0 Å². The molecule has 0 aliphatic rings. The molecule has 0 atom stereocenters. The molecule has 1 N–H and O–H groups in total. The Labute approximate surface area is 112 Å². The van der Waals surface area contributed by atoms with E-state index in [4.69, 9.17) is 5.11 Å². The van der Waals surface area contributed by atoms with E-state index in [0.717, 1.165) is 6.07 Å². The summed E-state index contributed by atoms with van der Waals surface area (Å²) < 4.78 is 15.4. The van der Waals surface area contributed by atoms with Crippen LogP contribution >= 0.6 is 0 Å². The fraction of sp³-hybridized carbons (Fsp3) is 0.167. The van der Waals surface area contributed by atoms with Crippen molar-refractivity contribution in [3.05, 3.63) is 51.8 Å². The molecule has 0 fully saturated rings. The van der Waals surface area contributed by atoms with Gasteiger partial charge in [-0.2, -0.15) is 0 Å². The molecule has 104 valence electrons. The van der Waals surface area contributed by atoms with Crippen LogP contribution in [0.2, 0.25) is 0 Å². The van der Waals surface area contributed by atoms with Gasteiger partial charge < -0.3 is 9.67 Å². The van der Waals surface area contributed by atoms with Crippen molar-refractivity contribution in [2.24, 2.45) is 0 Å². The Morgan fingerprint density at radius 3 is 2.80 bits per heavy atom. The number of aryl methyl sites for hydroxylation is 1. The number of carbonyl (C=O) groups is 1. The summed E-state index contributed by atoms with van der Waals surface area (Å²) in [6.07, 6.45) is 3.42. The van der Waals surface area contributed by atoms with E-state index in [0.29, 0.717) is 18.3 Å². The fourth-order valence-corrected chi connectivity index (χ4v) is 1.87. The molecule has 0 saturated heterocycles. The van der Waals surface area contributed by atoms with E-state index in [1.54, 1.807) is 6.92 Å². The Morgan fingerprint density at radius 1 is 1.55 bits per heavy atom. The third kappa shape index (κ3) is 2.22. The average molecular weight is 279 g/mol. The van der Waals surface area contributed by atoms with Crippen molar-refractivity contribution in [3.8, 4) is 5.69 Å². The first kappa shape index (κ1) is 13.7. The number of carboxylic acids is 1. The van der Waals surface area contributed by atoms with Crippen molar-refractivity contribution < 1.29 is 19.2 Å². The smallest absolute Gasteiger partial charge is 0.342 e. The molecular weight excluding hydrogens is 269 g/mol. The largest absolute Gasteiger partial charge is 0.477 e. The van der Waals surface area contributed by atoms with Gasteiger partial charge in [0.15, 0.2) is 5.82 Å². The summed E-state index contributed by atoms with van der Waals surface area (Å²) in [5.74, 6) is -1.85. The lowest BCUT2D eigenvalue weighted by molar-refractivity contribution is -0.385. The van der Waals surface area contributed by atoms with Gasteiger partial charge >= 0.3 is 5.97 Å². The maximum atomic E-state index is 14.0. The van der Waals surface area contributed by atoms with Crippen LogP contribution in [-0.4, -0.2) is 25.6 Å². The number of rotatable bonds is 4. The van der Waals surface area contributed by atoms with Crippen molar-refractivity contribution in [3.63, 3.8) is 0 Å². The summed E-state index contributed by atoms with van der Waals surface area (Å²) in [5, 5.41) is 19.8. The molecule has 2 rings (SSSR count). The van der Waals surface area contributed by atoms with E-state index in [9.17, 15) is 19.3 Å². The van der Waals surface area contributed by atoms with E-state index < -0.39 is 28.0 Å². The number of nitrogens with zero attached hydrogens (tertiary/aromatic N) is 3. The Kier molecular flexibility index (Phi) is 3.47. The van der Waals surface area contributed by atoms with Crippen LogP contribution in [0.1, 0.15) is 23.1 Å². The number of aromatic carboxylic acids is 1. The fourth-order valence-electron chi connectivity index (χ4n) is 1.87. The van der Waals surface area contributed by atoms with Gasteiger partial charge in [0.25, 0.3) is 5.69 Å². The number of nitro groups is 1. The molecular formula is C12H10FN3O4. The summed E-state index contributed by atoms with van der Waals surface area (Å²) in [5.41, 5.74) is -1.43. The minimum absolute atomic E-state index is 0.0812. The van der Waals surface area contributed by atoms with Crippen LogP contribution in [0.5, 0.6) is 0 Å². The first-order valence-corrected chi connectivity index (χ1v) is 5.69. The summed E-state index contributed by atoms with van der Waals surface area (Å²) in [4.78, 5) is 24.9. The average Bonchev–Trinajstić information content (AvgIpc) is 2.85. The molecule has 0 amide bonds. The zero-order valence-corrected chi connectivity index (χ0v) is 10.4. The third-order valence-corrected chi connectivity index (χ3v) is 2.79. The van der Waals surface area contributed by atoms with E-state index in [1.807, 2.05) is 0 Å². The Bertz CT molecular complexity index is 696. The highest BCUT2D eigenvalue weighted by molar-refractivity contribution is 5.93. The first-order chi connectivity index (χ1) is 9.45. The van der Waals surface area contributed by atoms with Crippen LogP contribution in [-0.2, 0) is 6.42 Å². The highest BCUT2D eigenvalue weighted by Crippen LogP contribution is 2.26. The Hall–Kier alpha value is -2.77. The van der Waals surface area contributed by atoms with Crippen LogP contribution in [0.4, 0.5) is 10.1 Å². The second-order valence-electron chi connectivity index (χ2n) is 3.95. The van der Waals surface area contributed by atoms with E-state index in [-0.39, 0.29) is 5.69 Å². The second-order valence-corrected chi connectivity index (χ2v) is 3.95. The molecule has 1 aromatic heterocycles. The molecule has 8 heteroatoms. The topological polar surface area (TPSA) is 98.3 Å². The zero-order valence-electron chi connectivity index (χ0n) is 10.4. The van der Waals surface area contributed by atoms with Gasteiger partial charge in [0, 0.05) is 18.8 Å². The van der Waals surface area contributed by atoms with Gasteiger partial charge in [0.05, 0.1) is 16.7 Å². The summed E-state index contributed by atoms with van der Waals surface area (Å²) >= 11 is 0. The van der Waals surface area contributed by atoms with Gasteiger partial charge in [0.1, 0.15) is 11.4 Å². The number of hydrogen-bond acceptors (Lipinski definition) is 4. The first-order valence-electron chi connectivity index (χ1n) is 5.69. The second kappa shape index (κ2) is 5.08. The molecule has 2 aromatic rings. The van der Waals surface area contributed by atoms with Crippen molar-refractivity contribution in [2.45, 2.75) is 13.3 Å². The standard InChI is InChI=1S/C12H10FN3O4/c1-2-11-14-3-4-15(11)10-5-7(12(17)18)9(16(19)20)6-8(10)13/h3-6H,2H2,1H3,(H,17,18). The number of benzene rings is 1. The molecule has 20 heavy (non-hydrogen) atoms. The molecule has 1 heterocycles. The number of imidazole rings is 1. The normalized spacial score (nSPS) is 10.5. The summed E-state index contributed by atoms with van der Waals surface area (Å²) in [7, 11) is 0. The van der Waals surface area contributed by atoms with E-state index >= 15 is 0 Å². The van der Waals surface area contributed by atoms with Gasteiger partial charge in [-0.3, -0.25) is 10.1 Å². The molecule has 0 saturated carbocycles. The number of aromatic nitrogens is 2. The van der Waals surface area contributed by atoms with Crippen molar-refractivity contribution in [1.82, 2.24) is 9.55 Å². The van der Waals surface area contributed by atoms with Crippen LogP contribution in [0, 0.1) is 15.9 Å². The number of nitro benzene ring substituents is 1. The van der Waals surface area contributed by atoms with Crippen LogP contribution in [0.15, 0.2) is 24.5 Å². The molecule has 7 nitrogen and oxygen atoms in total. The monoisotopic (exact) mass is 279 g/mol. The predicted molar refractivity (Wildman–Crippen MR) is 66.5 cm³/mol. The predicted octanol–water partition coefficient (Wildman–Crippen LogP) is 2.18. The Morgan fingerprint density at radius 2 is 2.25 bits per heavy atom. The van der Waals surface area contributed by atoms with E-state index in [1.165, 1.54) is 17.0 Å². The summed E-state index contributed by atoms with van der Waals surface area (Å²) in [6.45, 7) is 1.81. The van der Waals surface area contributed by atoms with Crippen molar-refractivity contribution in [2.75, 3.05) is 0 Å². The maximum Gasteiger partial charge on any atom is 0.342 e. The molecule has 0 radical (unpaired) electrons. The lowest BCUT2D eigenvalue weighted by Gasteiger charge is -2.09. The number of hydrogen-bond donors (Lipinski definition) is 1. The molecule has 0 bridgehead atoms. The van der Waals surface area contributed by atoms with Crippen molar-refractivity contribution >= 4 is 11.7 Å². The van der Waals surface area contributed by atoms with Gasteiger partial charge in [-0.25, -0.2) is 14.2 Å². The highest BCUT2D eigenvalue weighted by Gasteiger charge is 2.24. The molecule has 0 unspecified atom stereocenters. The van der Waals surface area contributed by atoms with Gasteiger partial charge in [-0.05, 0) is 6.07 Å². The molecule has 0 aliphatic heterocycles. The van der Waals surface area contributed by atoms with Gasteiger partial charge in [-0.15, -0.1) is 0 Å². The number of carboxylic acid groups (broad SMARTS) is 1. The van der Waals surface area contributed by atoms with Gasteiger partial charge in [-0.1, -0.05) is 6.92 Å². The molecule has 0 aliphatic carbocycles. The lowest BCUT2D eigenvalue weighted by atomic mass is 10.1. The molecule has 0 spiro atoms. The van der Waals surface area contributed by atoms with Crippen molar-refractivity contribution in [1.29, 1.82) is 0 Å². The van der Waals surface area contributed by atoms with Crippen LogP contribution < -0.4 is 0 Å². The number of halogens is 1. The SMILES string of the molecule is CCc1nccn1-c1cc(C(=O)O)c([N+](=O)[O-])cc1F. The lowest BCUT2D eigenvalue weighted by Crippen LogP contribution is -2.08. The third-order valence-electron chi connectivity index (χ3n) is 2.79. The minimum atomic E-state index is -1.49. The maximum absolute atomic E-state index is 14.0. The quantitative estimate of drug-likeness (QED) is 0.683. The zero-order chi connectivity index (χ0) is 14.9. The van der Waals surface area contributed by atoms with Crippen LogP contribution in [0.3, 0.4) is 0 Å². The van der Waals surface area contributed by atoms with Crippen LogP contribution in [0.25, 0.3) is 5.69 Å². The van der Waals surface area contributed by atoms with E-state index in [2.05, 4.69) is 4.98 Å². The highest BCUT2D eigenvalue weighted by atomic mass is 19.1. The Balaban J connectivity index is 2.70. The minimum Gasteiger partial charge on any atom is -0.477 e. The summed E-state index contributed by atoms with van der Waals surface area (Å²) in [6, 6.07) is 1.55.